The zero-order chi connectivity index (χ0) is 11.9. The summed E-state index contributed by atoms with van der Waals surface area (Å²) in [4.78, 5) is 11.1. The lowest BCUT2D eigenvalue weighted by atomic mass is 9.90. The van der Waals surface area contributed by atoms with Gasteiger partial charge in [-0.05, 0) is 41.9 Å². The van der Waals surface area contributed by atoms with Gasteiger partial charge in [0.2, 0.25) is 0 Å². The average Bonchev–Trinajstić information content (AvgIpc) is 2.49. The van der Waals surface area contributed by atoms with E-state index in [1.807, 2.05) is 6.92 Å². The molecule has 2 heteroatoms. The zero-order valence-electron chi connectivity index (χ0n) is 10.4. The molecule has 0 radical (unpaired) electrons. The number of ether oxygens (including phenoxy) is 1. The molecule has 2 nitrogen and oxygen atoms in total. The van der Waals surface area contributed by atoms with Gasteiger partial charge in [-0.1, -0.05) is 19.9 Å². The van der Waals surface area contributed by atoms with Gasteiger partial charge in [0.05, 0.1) is 12.7 Å². The molecule has 0 heterocycles. The normalized spacial score (nSPS) is 17.0. The van der Waals surface area contributed by atoms with Crippen LogP contribution in [0.15, 0.2) is 6.07 Å². The first-order valence-electron chi connectivity index (χ1n) is 5.63. The first-order valence-corrected chi connectivity index (χ1v) is 5.63. The third kappa shape index (κ3) is 1.62. The van der Waals surface area contributed by atoms with Crippen molar-refractivity contribution < 1.29 is 9.53 Å². The van der Waals surface area contributed by atoms with Crippen LogP contribution in [0.25, 0.3) is 0 Å². The fourth-order valence-corrected chi connectivity index (χ4v) is 2.70. The SMILES string of the molecule is COc1c(C=O)c(C)cc2c1CC(C)(C)C2. The summed E-state index contributed by atoms with van der Waals surface area (Å²) < 4.78 is 5.42. The van der Waals surface area contributed by atoms with E-state index in [-0.39, 0.29) is 5.41 Å². The molecule has 1 aromatic rings. The summed E-state index contributed by atoms with van der Waals surface area (Å²) >= 11 is 0. The molecule has 0 amide bonds. The lowest BCUT2D eigenvalue weighted by Gasteiger charge is -2.15. The van der Waals surface area contributed by atoms with Gasteiger partial charge in [-0.15, -0.1) is 0 Å². The summed E-state index contributed by atoms with van der Waals surface area (Å²) in [5.74, 6) is 0.788. The van der Waals surface area contributed by atoms with E-state index >= 15 is 0 Å². The van der Waals surface area contributed by atoms with Gasteiger partial charge in [0.15, 0.2) is 6.29 Å². The van der Waals surface area contributed by atoms with E-state index in [1.54, 1.807) is 7.11 Å². The maximum absolute atomic E-state index is 11.1. The standard InChI is InChI=1S/C14H18O2/c1-9-5-10-6-14(2,3)7-11(10)13(16-4)12(9)8-15/h5,8H,6-7H2,1-4H3. The van der Waals surface area contributed by atoms with Crippen molar-refractivity contribution in [1.82, 2.24) is 0 Å². The number of fused-ring (bicyclic) bond motifs is 1. The van der Waals surface area contributed by atoms with E-state index in [9.17, 15) is 4.79 Å². The zero-order valence-corrected chi connectivity index (χ0v) is 10.4. The minimum atomic E-state index is 0.281. The van der Waals surface area contributed by atoms with Crippen molar-refractivity contribution >= 4 is 6.29 Å². The molecular formula is C14H18O2. The molecule has 0 bridgehead atoms. The van der Waals surface area contributed by atoms with Crippen LogP contribution < -0.4 is 4.74 Å². The Morgan fingerprint density at radius 2 is 2.06 bits per heavy atom. The van der Waals surface area contributed by atoms with Crippen molar-refractivity contribution in [1.29, 1.82) is 0 Å². The van der Waals surface area contributed by atoms with Crippen LogP contribution in [-0.4, -0.2) is 13.4 Å². The third-order valence-corrected chi connectivity index (χ3v) is 3.37. The Hall–Kier alpha value is -1.31. The molecule has 0 saturated carbocycles. The fraction of sp³-hybridized carbons (Fsp3) is 0.500. The number of rotatable bonds is 2. The number of hydrogen-bond acceptors (Lipinski definition) is 2. The van der Waals surface area contributed by atoms with Gasteiger partial charge in [0.25, 0.3) is 0 Å². The first-order chi connectivity index (χ1) is 7.48. The molecule has 1 aromatic carbocycles. The fourth-order valence-electron chi connectivity index (χ4n) is 2.70. The van der Waals surface area contributed by atoms with Gasteiger partial charge in [-0.25, -0.2) is 0 Å². The number of benzene rings is 1. The second-order valence-corrected chi connectivity index (χ2v) is 5.41. The summed E-state index contributed by atoms with van der Waals surface area (Å²) in [6.07, 6.45) is 2.96. The Bertz CT molecular complexity index is 445. The van der Waals surface area contributed by atoms with Crippen molar-refractivity contribution in [3.8, 4) is 5.75 Å². The van der Waals surface area contributed by atoms with Crippen LogP contribution in [0.4, 0.5) is 0 Å². The molecule has 1 aliphatic carbocycles. The number of carbonyl (C=O) groups excluding carboxylic acids is 1. The molecule has 86 valence electrons. The minimum Gasteiger partial charge on any atom is -0.496 e. The topological polar surface area (TPSA) is 26.3 Å². The smallest absolute Gasteiger partial charge is 0.154 e. The van der Waals surface area contributed by atoms with E-state index in [0.717, 1.165) is 30.4 Å². The number of methoxy groups -OCH3 is 1. The van der Waals surface area contributed by atoms with E-state index < -0.39 is 0 Å². The van der Waals surface area contributed by atoms with E-state index in [4.69, 9.17) is 4.74 Å². The monoisotopic (exact) mass is 218 g/mol. The third-order valence-electron chi connectivity index (χ3n) is 3.37. The maximum atomic E-state index is 11.1. The van der Waals surface area contributed by atoms with Crippen LogP contribution in [0.3, 0.4) is 0 Å². The second kappa shape index (κ2) is 3.62. The Morgan fingerprint density at radius 1 is 1.38 bits per heavy atom. The van der Waals surface area contributed by atoms with Crippen LogP contribution in [0.1, 0.15) is 40.9 Å². The first kappa shape index (κ1) is 11.2. The van der Waals surface area contributed by atoms with Crippen LogP contribution in [0.5, 0.6) is 5.75 Å². The van der Waals surface area contributed by atoms with Crippen molar-refractivity contribution in [2.75, 3.05) is 7.11 Å². The number of aldehydes is 1. The summed E-state index contributed by atoms with van der Waals surface area (Å²) in [5, 5.41) is 0. The Morgan fingerprint density at radius 3 is 2.62 bits per heavy atom. The molecule has 1 aliphatic rings. The molecule has 0 N–H and O–H groups in total. The molecule has 2 rings (SSSR count). The van der Waals surface area contributed by atoms with Crippen LogP contribution in [0.2, 0.25) is 0 Å². The summed E-state index contributed by atoms with van der Waals surface area (Å²) in [6, 6.07) is 2.14. The largest absolute Gasteiger partial charge is 0.496 e. The molecule has 0 aromatic heterocycles. The minimum absolute atomic E-state index is 0.281. The van der Waals surface area contributed by atoms with Crippen molar-refractivity contribution in [3.05, 3.63) is 28.3 Å². The van der Waals surface area contributed by atoms with Gasteiger partial charge in [0.1, 0.15) is 5.75 Å². The van der Waals surface area contributed by atoms with Gasteiger partial charge >= 0.3 is 0 Å². The number of aryl methyl sites for hydroxylation is 1. The second-order valence-electron chi connectivity index (χ2n) is 5.41. The van der Waals surface area contributed by atoms with Gasteiger partial charge in [-0.2, -0.15) is 0 Å². The van der Waals surface area contributed by atoms with Crippen molar-refractivity contribution in [3.63, 3.8) is 0 Å². The lowest BCUT2D eigenvalue weighted by molar-refractivity contribution is 0.112. The highest BCUT2D eigenvalue weighted by molar-refractivity contribution is 5.83. The van der Waals surface area contributed by atoms with E-state index in [2.05, 4.69) is 19.9 Å². The molecule has 0 saturated heterocycles. The summed E-state index contributed by atoms with van der Waals surface area (Å²) in [7, 11) is 1.65. The molecule has 16 heavy (non-hydrogen) atoms. The molecule has 0 fully saturated rings. The average molecular weight is 218 g/mol. The highest BCUT2D eigenvalue weighted by atomic mass is 16.5. The summed E-state index contributed by atoms with van der Waals surface area (Å²) in [6.45, 7) is 6.47. The predicted molar refractivity (Wildman–Crippen MR) is 64.3 cm³/mol. The maximum Gasteiger partial charge on any atom is 0.154 e. The molecule has 0 atom stereocenters. The molecule has 0 spiro atoms. The van der Waals surface area contributed by atoms with Crippen LogP contribution in [-0.2, 0) is 12.8 Å². The van der Waals surface area contributed by atoms with Crippen molar-refractivity contribution in [2.24, 2.45) is 5.41 Å². The predicted octanol–water partition coefficient (Wildman–Crippen LogP) is 2.94. The Labute approximate surface area is 96.6 Å². The lowest BCUT2D eigenvalue weighted by Crippen LogP contribution is -2.09. The quantitative estimate of drug-likeness (QED) is 0.713. The van der Waals surface area contributed by atoms with E-state index in [0.29, 0.717) is 5.56 Å². The molecule has 0 aliphatic heterocycles. The highest BCUT2D eigenvalue weighted by Crippen LogP contribution is 2.42. The Kier molecular flexibility index (Phi) is 2.53. The summed E-state index contributed by atoms with van der Waals surface area (Å²) in [5.41, 5.74) is 4.57. The van der Waals surface area contributed by atoms with Gasteiger partial charge in [0, 0.05) is 0 Å². The van der Waals surface area contributed by atoms with Gasteiger partial charge in [-0.3, -0.25) is 4.79 Å². The molecular weight excluding hydrogens is 200 g/mol. The Balaban J connectivity index is 2.64. The molecule has 0 unspecified atom stereocenters. The van der Waals surface area contributed by atoms with E-state index in [1.165, 1.54) is 11.1 Å². The highest BCUT2D eigenvalue weighted by Gasteiger charge is 2.32. The van der Waals surface area contributed by atoms with Crippen molar-refractivity contribution in [2.45, 2.75) is 33.6 Å². The van der Waals surface area contributed by atoms with Gasteiger partial charge < -0.3 is 4.74 Å². The number of hydrogen-bond donors (Lipinski definition) is 0. The van der Waals surface area contributed by atoms with Crippen LogP contribution in [0, 0.1) is 12.3 Å². The number of carbonyl (C=O) groups is 1. The van der Waals surface area contributed by atoms with Crippen LogP contribution >= 0.6 is 0 Å².